The molecule has 1 aromatic rings. The third-order valence-electron chi connectivity index (χ3n) is 4.12. The second kappa shape index (κ2) is 4.76. The molecular formula is C15H16FNO2. The Hall–Kier alpha value is -1.71. The van der Waals surface area contributed by atoms with Crippen LogP contribution in [0.1, 0.15) is 39.9 Å². The van der Waals surface area contributed by atoms with Gasteiger partial charge >= 0.3 is 0 Å². The van der Waals surface area contributed by atoms with E-state index < -0.39 is 12.6 Å². The van der Waals surface area contributed by atoms with Gasteiger partial charge in [0.1, 0.15) is 0 Å². The highest BCUT2D eigenvalue weighted by molar-refractivity contribution is 5.99. The van der Waals surface area contributed by atoms with Crippen molar-refractivity contribution in [3.8, 4) is 0 Å². The van der Waals surface area contributed by atoms with Gasteiger partial charge in [0.2, 0.25) is 0 Å². The number of benzene rings is 1. The maximum Gasteiger partial charge on any atom is 0.254 e. The lowest BCUT2D eigenvalue weighted by Gasteiger charge is -2.31. The molecule has 0 saturated heterocycles. The zero-order valence-corrected chi connectivity index (χ0v) is 10.7. The Morgan fingerprint density at radius 1 is 1.21 bits per heavy atom. The number of rotatable bonds is 1. The van der Waals surface area contributed by atoms with Crippen LogP contribution in [0.3, 0.4) is 0 Å². The van der Waals surface area contributed by atoms with Crippen LogP contribution in [0.2, 0.25) is 0 Å². The summed E-state index contributed by atoms with van der Waals surface area (Å²) in [7, 11) is 0. The number of alkyl halides is 1. The Balaban J connectivity index is 1.96. The molecule has 1 aliphatic carbocycles. The predicted octanol–water partition coefficient (Wildman–Crippen LogP) is 2.06. The summed E-state index contributed by atoms with van der Waals surface area (Å²) in [4.78, 5) is 24.8. The fourth-order valence-electron chi connectivity index (χ4n) is 3.14. The highest BCUT2D eigenvalue weighted by Gasteiger charge is 2.26. The Morgan fingerprint density at radius 2 is 2.05 bits per heavy atom. The van der Waals surface area contributed by atoms with Crippen LogP contribution < -0.4 is 0 Å². The van der Waals surface area contributed by atoms with Crippen LogP contribution in [-0.2, 0) is 24.2 Å². The van der Waals surface area contributed by atoms with Gasteiger partial charge in [-0.05, 0) is 36.0 Å². The molecule has 3 nitrogen and oxygen atoms in total. The van der Waals surface area contributed by atoms with Crippen molar-refractivity contribution < 1.29 is 14.0 Å². The molecule has 1 amide bonds. The number of Topliss-reactive ketones (excluding diaryl/α,β-unsaturated/α-hetero) is 1. The molecule has 0 fully saturated rings. The van der Waals surface area contributed by atoms with E-state index in [2.05, 4.69) is 0 Å². The minimum absolute atomic E-state index is 0.228. The monoisotopic (exact) mass is 261 g/mol. The van der Waals surface area contributed by atoms with Gasteiger partial charge in [-0.25, -0.2) is 4.39 Å². The summed E-state index contributed by atoms with van der Waals surface area (Å²) in [5, 5.41) is 0. The molecule has 0 aromatic heterocycles. The molecule has 3 rings (SSSR count). The number of carbonyl (C=O) groups excluding carboxylic acids is 2. The minimum atomic E-state index is -0.932. The van der Waals surface area contributed by atoms with Crippen molar-refractivity contribution in [2.24, 2.45) is 0 Å². The lowest BCUT2D eigenvalue weighted by Crippen LogP contribution is -2.37. The molecule has 0 N–H and O–H groups in total. The molecule has 100 valence electrons. The van der Waals surface area contributed by atoms with Gasteiger partial charge in [0.25, 0.3) is 5.91 Å². The van der Waals surface area contributed by atoms with E-state index in [0.717, 1.165) is 30.4 Å². The second-order valence-electron chi connectivity index (χ2n) is 5.21. The van der Waals surface area contributed by atoms with Crippen LogP contribution in [-0.4, -0.2) is 29.8 Å². The Morgan fingerprint density at radius 3 is 2.84 bits per heavy atom. The van der Waals surface area contributed by atoms with Crippen molar-refractivity contribution in [1.82, 2.24) is 4.90 Å². The lowest BCUT2D eigenvalue weighted by molar-refractivity contribution is -0.133. The van der Waals surface area contributed by atoms with Crippen LogP contribution >= 0.6 is 0 Å². The average molecular weight is 261 g/mol. The summed E-state index contributed by atoms with van der Waals surface area (Å²) >= 11 is 0. The predicted molar refractivity (Wildman–Crippen MR) is 68.8 cm³/mol. The standard InChI is InChI=1S/C15H16FNO2/c16-8-15(19)17-7-6-11-10(9-17)4-5-13-12(11)2-1-3-14(13)18/h4-5H,1-3,6-9H2. The van der Waals surface area contributed by atoms with Crippen molar-refractivity contribution in [3.05, 3.63) is 34.4 Å². The summed E-state index contributed by atoms with van der Waals surface area (Å²) in [6.07, 6.45) is 3.23. The first-order valence-electron chi connectivity index (χ1n) is 6.71. The molecule has 1 heterocycles. The van der Waals surface area contributed by atoms with Crippen molar-refractivity contribution in [2.45, 2.75) is 32.2 Å². The lowest BCUT2D eigenvalue weighted by atomic mass is 9.83. The molecular weight excluding hydrogens is 245 g/mol. The molecule has 0 bridgehead atoms. The summed E-state index contributed by atoms with van der Waals surface area (Å²) in [6.45, 7) is 0.0959. The largest absolute Gasteiger partial charge is 0.336 e. The summed E-state index contributed by atoms with van der Waals surface area (Å²) in [5.74, 6) is -0.217. The van der Waals surface area contributed by atoms with Gasteiger partial charge < -0.3 is 4.90 Å². The molecule has 0 spiro atoms. The number of nitrogens with zero attached hydrogens (tertiary/aromatic N) is 1. The number of fused-ring (bicyclic) bond motifs is 3. The fraction of sp³-hybridized carbons (Fsp3) is 0.467. The van der Waals surface area contributed by atoms with Crippen LogP contribution in [0.15, 0.2) is 12.1 Å². The third-order valence-corrected chi connectivity index (χ3v) is 4.12. The van der Waals surface area contributed by atoms with Gasteiger partial charge in [-0.1, -0.05) is 12.1 Å². The Kier molecular flexibility index (Phi) is 3.09. The maximum atomic E-state index is 12.4. The van der Waals surface area contributed by atoms with E-state index in [1.807, 2.05) is 12.1 Å². The number of hydrogen-bond acceptors (Lipinski definition) is 2. The molecule has 0 saturated carbocycles. The number of carbonyl (C=O) groups is 2. The van der Waals surface area contributed by atoms with Crippen molar-refractivity contribution in [2.75, 3.05) is 13.2 Å². The van der Waals surface area contributed by atoms with Crippen LogP contribution in [0.4, 0.5) is 4.39 Å². The number of halogens is 1. The normalized spacial score (nSPS) is 17.9. The molecule has 0 unspecified atom stereocenters. The Bertz CT molecular complexity index is 553. The van der Waals surface area contributed by atoms with Gasteiger partial charge in [0.15, 0.2) is 12.5 Å². The van der Waals surface area contributed by atoms with E-state index in [4.69, 9.17) is 0 Å². The van der Waals surface area contributed by atoms with Crippen LogP contribution in [0.25, 0.3) is 0 Å². The molecule has 0 radical (unpaired) electrons. The van der Waals surface area contributed by atoms with Crippen molar-refractivity contribution in [1.29, 1.82) is 0 Å². The molecule has 19 heavy (non-hydrogen) atoms. The van der Waals surface area contributed by atoms with Gasteiger partial charge in [-0.2, -0.15) is 0 Å². The Labute approximate surface area is 111 Å². The first kappa shape index (κ1) is 12.3. The van der Waals surface area contributed by atoms with E-state index >= 15 is 0 Å². The molecule has 1 aromatic carbocycles. The summed E-state index contributed by atoms with van der Waals surface area (Å²) in [5.41, 5.74) is 4.31. The van der Waals surface area contributed by atoms with Gasteiger partial charge in [-0.15, -0.1) is 0 Å². The van der Waals surface area contributed by atoms with Gasteiger partial charge in [-0.3, -0.25) is 9.59 Å². The fourth-order valence-corrected chi connectivity index (χ4v) is 3.14. The molecule has 1 aliphatic heterocycles. The zero-order chi connectivity index (χ0) is 13.4. The number of amides is 1. The number of hydrogen-bond donors (Lipinski definition) is 0. The van der Waals surface area contributed by atoms with Crippen molar-refractivity contribution in [3.63, 3.8) is 0 Å². The molecule has 2 aliphatic rings. The summed E-state index contributed by atoms with van der Waals surface area (Å²) in [6, 6.07) is 3.80. The quantitative estimate of drug-likeness (QED) is 0.776. The first-order valence-corrected chi connectivity index (χ1v) is 6.71. The maximum absolute atomic E-state index is 12.4. The zero-order valence-electron chi connectivity index (χ0n) is 10.7. The highest BCUT2D eigenvalue weighted by Crippen LogP contribution is 2.30. The minimum Gasteiger partial charge on any atom is -0.336 e. The van der Waals surface area contributed by atoms with Gasteiger partial charge in [0.05, 0.1) is 0 Å². The highest BCUT2D eigenvalue weighted by atomic mass is 19.1. The smallest absolute Gasteiger partial charge is 0.254 e. The van der Waals surface area contributed by atoms with E-state index in [1.54, 1.807) is 4.90 Å². The van der Waals surface area contributed by atoms with Crippen molar-refractivity contribution >= 4 is 11.7 Å². The average Bonchev–Trinajstić information content (AvgIpc) is 2.46. The van der Waals surface area contributed by atoms with E-state index in [9.17, 15) is 14.0 Å². The molecule has 0 atom stereocenters. The third kappa shape index (κ3) is 2.05. The molecule has 4 heteroatoms. The second-order valence-corrected chi connectivity index (χ2v) is 5.21. The number of ketones is 1. The summed E-state index contributed by atoms with van der Waals surface area (Å²) < 4.78 is 12.4. The van der Waals surface area contributed by atoms with Gasteiger partial charge in [0, 0.05) is 25.1 Å². The van der Waals surface area contributed by atoms with E-state index in [1.165, 1.54) is 11.1 Å². The first-order chi connectivity index (χ1) is 9.20. The van der Waals surface area contributed by atoms with Crippen LogP contribution in [0.5, 0.6) is 0 Å². The van der Waals surface area contributed by atoms with Crippen LogP contribution in [0, 0.1) is 0 Å². The topological polar surface area (TPSA) is 37.4 Å². The SMILES string of the molecule is O=C1CCCc2c1ccc1c2CCN(C(=O)CF)C1. The van der Waals surface area contributed by atoms with E-state index in [0.29, 0.717) is 19.5 Å². The van der Waals surface area contributed by atoms with E-state index in [-0.39, 0.29) is 5.78 Å².